The first-order valence-corrected chi connectivity index (χ1v) is 30.7. The van der Waals surface area contributed by atoms with Gasteiger partial charge in [0.25, 0.3) is 0 Å². The van der Waals surface area contributed by atoms with Crippen molar-refractivity contribution in [2.45, 2.75) is 129 Å². The summed E-state index contributed by atoms with van der Waals surface area (Å²) in [5, 5.41) is 213. The van der Waals surface area contributed by atoms with Crippen LogP contribution < -0.4 is 4.74 Å². The van der Waals surface area contributed by atoms with Gasteiger partial charge in [-0.1, -0.05) is 12.1 Å². The third-order valence-electron chi connectivity index (χ3n) is 16.4. The molecule has 21 atom stereocenters. The SMILES string of the molecule is O=C(/C=C/c1cc(O)cc(O)c1)OC[C@@H]1O[C@@H](Oc2ccc(/C=C/C(=O)OC[C@H]3O[C@@H](OC4=C(c5ccc(O)c(O)c5)[OH+]C5C=C(O)C=C(O[C@@H]6O[C@H](CO)[C@@H](O)[C@H](O)[C@H]6O)C5=C4)[C@H](O[C@@H]4O[C@@H](COC(=O)/C=C/c5ccc(O)c(O)c5)[C@@H](O)[C@H](O)[C@H]4O)[C@@H](O)[C@@H]3O)cc2O)[C@H](O)[C@@H](O)[C@@H]1O. The van der Waals surface area contributed by atoms with E-state index >= 15 is 0 Å². The number of phenols is 7. The lowest BCUT2D eigenvalue weighted by Crippen LogP contribution is -2.64. The molecule has 1 unspecified atom stereocenters. The summed E-state index contributed by atoms with van der Waals surface area (Å²) in [5.74, 6) is -8.50. The smallest absolute Gasteiger partial charge is 0.330 e. The van der Waals surface area contributed by atoms with E-state index in [-0.39, 0.29) is 56.6 Å². The normalized spacial score (nSPS) is 32.0. The first kappa shape index (κ1) is 74.1. The van der Waals surface area contributed by atoms with Gasteiger partial charge in [0.2, 0.25) is 30.7 Å². The number of aliphatic hydroxyl groups excluding tert-OH is 13. The van der Waals surface area contributed by atoms with E-state index in [1.165, 1.54) is 54.6 Å². The molecule has 5 heterocycles. The van der Waals surface area contributed by atoms with Crippen molar-refractivity contribution in [1.29, 1.82) is 0 Å². The number of ether oxygens (including phenoxy) is 12. The van der Waals surface area contributed by atoms with Gasteiger partial charge in [-0.25, -0.2) is 14.4 Å². The van der Waals surface area contributed by atoms with Gasteiger partial charge < -0.3 is 159 Å². The fraction of sp³-hybridized carbons (Fsp3) is 0.379. The molecule has 4 saturated heterocycles. The highest BCUT2D eigenvalue weighted by Gasteiger charge is 2.54. The number of rotatable bonds is 22. The van der Waals surface area contributed by atoms with Gasteiger partial charge in [0.15, 0.2) is 46.9 Å². The van der Waals surface area contributed by atoms with E-state index in [9.17, 15) is 117 Å². The maximum Gasteiger partial charge on any atom is 0.330 e. The van der Waals surface area contributed by atoms with Crippen LogP contribution in [0.5, 0.6) is 46.0 Å². The Morgan fingerprint density at radius 1 is 0.436 bits per heavy atom. The van der Waals surface area contributed by atoms with Crippen LogP contribution in [0.2, 0.25) is 0 Å². The summed E-state index contributed by atoms with van der Waals surface area (Å²) < 4.78 is 67.7. The molecule has 4 aromatic rings. The van der Waals surface area contributed by atoms with Gasteiger partial charge in [0.1, 0.15) is 134 Å². The van der Waals surface area contributed by atoms with Gasteiger partial charge in [-0.2, -0.15) is 0 Å². The molecule has 1 aliphatic carbocycles. The number of fused-ring (bicyclic) bond motifs is 1. The summed E-state index contributed by atoms with van der Waals surface area (Å²) in [5.41, 5.74) is 0.485. The zero-order valence-electron chi connectivity index (χ0n) is 52.2. The summed E-state index contributed by atoms with van der Waals surface area (Å²) in [7, 11) is 0. The second-order valence-electron chi connectivity index (χ2n) is 23.5. The van der Waals surface area contributed by atoms with Crippen LogP contribution in [0.1, 0.15) is 22.3 Å². The average molecular weight is 1420 g/mol. The van der Waals surface area contributed by atoms with Crippen molar-refractivity contribution in [2.24, 2.45) is 0 Å². The lowest BCUT2D eigenvalue weighted by molar-refractivity contribution is -0.363. The fourth-order valence-corrected chi connectivity index (χ4v) is 10.9. The summed E-state index contributed by atoms with van der Waals surface area (Å²) in [6, 6.07) is 14.0. The molecule has 10 rings (SSSR count). The molecular weight excluding hydrogens is 1350 g/mol. The molecule has 35 heteroatoms. The highest BCUT2D eigenvalue weighted by Crippen LogP contribution is 2.42. The van der Waals surface area contributed by atoms with Gasteiger partial charge >= 0.3 is 23.7 Å². The predicted molar refractivity (Wildman–Crippen MR) is 333 cm³/mol. The molecule has 35 nitrogen and oxygen atoms in total. The lowest BCUT2D eigenvalue weighted by Gasteiger charge is -2.46. The van der Waals surface area contributed by atoms with Crippen LogP contribution in [0.4, 0.5) is 0 Å². The summed E-state index contributed by atoms with van der Waals surface area (Å²) in [6.45, 7) is -3.32. The molecule has 0 saturated carbocycles. The number of hydrogen-bond donors (Lipinski definition) is 20. The van der Waals surface area contributed by atoms with Crippen LogP contribution in [-0.4, -0.2) is 280 Å². The molecule has 21 N–H and O–H groups in total. The number of hydrogen-bond acceptors (Lipinski definition) is 34. The Morgan fingerprint density at radius 3 is 1.45 bits per heavy atom. The highest BCUT2D eigenvalue weighted by molar-refractivity contribution is 5.88. The first-order valence-electron chi connectivity index (χ1n) is 30.7. The molecule has 6 aliphatic rings. The van der Waals surface area contributed by atoms with E-state index in [4.69, 9.17) is 56.8 Å². The first-order chi connectivity index (χ1) is 48.0. The molecule has 5 aliphatic heterocycles. The quantitative estimate of drug-likeness (QED) is 0.0122. The zero-order chi connectivity index (χ0) is 72.8. The van der Waals surface area contributed by atoms with Crippen LogP contribution in [0.15, 0.2) is 132 Å². The standard InChI is InChI=1S/C66H70O35/c67-22-43-50(79)54(83)58(87)64(97-43)95-41-20-32(70)19-40-33(41)21-42(61(93-40)29-6-8-35(72)37(74)17-29)96-66-62(101-65-60(89)56(85)52(81)45(99-65)24-90-47(76)10-3-26-1-7-34(71)36(73)15-26)57(86)53(82)46(100-66)25-92-48(77)11-4-27-2-9-39(38(75)16-27)94-63-59(88)55(84)51(80)44(98-63)23-91-49(78)12-5-28-13-30(68)18-31(69)14-28/h1-21,40,43-46,50-60,62-75,79-89H,22-25H2/p+1/b10-3+,11-4+,12-5+/t40?,43-,44+,45+,46-,50-,51-,52-,53-,54+,55+,56+,57+,58-,59-,60-,62-,63-,64-,65+,66-/m1/s1. The number of esters is 3. The monoisotopic (exact) mass is 1420 g/mol. The summed E-state index contributed by atoms with van der Waals surface area (Å²) in [6.07, 6.45) is -30.4. The molecular formula is C66H71O35+. The predicted octanol–water partition coefficient (Wildman–Crippen LogP) is -3.10. The zero-order valence-corrected chi connectivity index (χ0v) is 52.2. The Bertz CT molecular complexity index is 3860. The Hall–Kier alpha value is -9.61. The van der Waals surface area contributed by atoms with Crippen LogP contribution in [0, 0.1) is 0 Å². The van der Waals surface area contributed by atoms with Crippen molar-refractivity contribution in [3.05, 3.63) is 154 Å². The highest BCUT2D eigenvalue weighted by atomic mass is 16.8. The largest absolute Gasteiger partial charge is 0.571 e. The molecule has 0 bridgehead atoms. The van der Waals surface area contributed by atoms with Crippen LogP contribution in [-0.2, 0) is 61.8 Å². The van der Waals surface area contributed by atoms with Crippen LogP contribution in [0.25, 0.3) is 24.0 Å². The van der Waals surface area contributed by atoms with E-state index in [0.717, 1.165) is 72.8 Å². The molecule has 544 valence electrons. The van der Waals surface area contributed by atoms with Crippen molar-refractivity contribution in [1.82, 2.24) is 0 Å². The van der Waals surface area contributed by atoms with Crippen molar-refractivity contribution in [3.8, 4) is 46.0 Å². The van der Waals surface area contributed by atoms with E-state index in [2.05, 4.69) is 0 Å². The van der Waals surface area contributed by atoms with Gasteiger partial charge in [-0.15, -0.1) is 0 Å². The van der Waals surface area contributed by atoms with Crippen molar-refractivity contribution in [3.63, 3.8) is 0 Å². The molecule has 4 aromatic carbocycles. The molecule has 101 heavy (non-hydrogen) atoms. The maximum absolute atomic E-state index is 13.4. The fourth-order valence-electron chi connectivity index (χ4n) is 10.9. The average Bonchev–Trinajstić information content (AvgIpc) is 0.762. The number of benzene rings is 4. The molecule has 0 spiro atoms. The molecule has 0 radical (unpaired) electrons. The third kappa shape index (κ3) is 17.4. The van der Waals surface area contributed by atoms with E-state index in [0.29, 0.717) is 0 Å². The van der Waals surface area contributed by atoms with Gasteiger partial charge in [0, 0.05) is 42.5 Å². The second kappa shape index (κ2) is 31.9. The lowest BCUT2D eigenvalue weighted by atomic mass is 9.95. The Balaban J connectivity index is 0.874. The van der Waals surface area contributed by atoms with E-state index in [1.54, 1.807) is 0 Å². The topological polar surface area (TPSA) is 570 Å². The number of phenolic OH excluding ortho intramolecular Hbond substituents is 7. The van der Waals surface area contributed by atoms with Gasteiger partial charge in [-0.3, -0.25) is 0 Å². The van der Waals surface area contributed by atoms with Crippen molar-refractivity contribution >= 4 is 41.9 Å². The Labute approximate surface area is 569 Å². The van der Waals surface area contributed by atoms with Gasteiger partial charge in [0.05, 0.1) is 23.8 Å². The number of aliphatic hydroxyl groups is 15. The minimum absolute atomic E-state index is 0.0340. The minimum Gasteiger partial charge on any atom is -0.571 e. The number of carbonyl (C=O) groups is 3. The van der Waals surface area contributed by atoms with Crippen LogP contribution >= 0.6 is 0 Å². The second-order valence-corrected chi connectivity index (χ2v) is 23.5. The Kier molecular flexibility index (Phi) is 23.4. The van der Waals surface area contributed by atoms with Crippen molar-refractivity contribution in [2.75, 3.05) is 26.4 Å². The van der Waals surface area contributed by atoms with Gasteiger partial charge in [-0.05, 0) is 83.4 Å². The van der Waals surface area contributed by atoms with E-state index in [1.807, 2.05) is 0 Å². The minimum atomic E-state index is -2.26. The molecule has 0 aromatic heterocycles. The maximum atomic E-state index is 13.4. The summed E-state index contributed by atoms with van der Waals surface area (Å²) in [4.78, 5) is 38.8. The van der Waals surface area contributed by atoms with Crippen LogP contribution in [0.3, 0.4) is 0 Å². The van der Waals surface area contributed by atoms with E-state index < -0.39 is 214 Å². The van der Waals surface area contributed by atoms with Crippen molar-refractivity contribution < 1.29 is 173 Å². The number of aromatic hydroxyl groups is 7. The molecule has 0 amide bonds. The Morgan fingerprint density at radius 2 is 0.901 bits per heavy atom. The number of allylic oxidation sites excluding steroid dienone is 2. The molecule has 4 fully saturated rings. The summed E-state index contributed by atoms with van der Waals surface area (Å²) >= 11 is 0. The number of carbonyl (C=O) groups excluding carboxylic acids is 3. The third-order valence-corrected chi connectivity index (χ3v) is 16.4.